The van der Waals surface area contributed by atoms with Crippen LogP contribution in [0.3, 0.4) is 0 Å². The van der Waals surface area contributed by atoms with Crippen molar-refractivity contribution in [2.24, 2.45) is 0 Å². The first-order valence-corrected chi connectivity index (χ1v) is 5.32. The first-order valence-electron chi connectivity index (χ1n) is 4.94. The van der Waals surface area contributed by atoms with E-state index in [4.69, 9.17) is 16.3 Å². The molecule has 0 aromatic carbocycles. The number of amides is 1. The van der Waals surface area contributed by atoms with Gasteiger partial charge < -0.3 is 9.64 Å². The van der Waals surface area contributed by atoms with Crippen molar-refractivity contribution in [3.63, 3.8) is 0 Å². The molecule has 5 nitrogen and oxygen atoms in total. The van der Waals surface area contributed by atoms with E-state index in [0.717, 1.165) is 0 Å². The third kappa shape index (κ3) is 3.43. The lowest BCUT2D eigenvalue weighted by Gasteiger charge is -2.19. The lowest BCUT2D eigenvalue weighted by atomic mass is 10.3. The van der Waals surface area contributed by atoms with Crippen molar-refractivity contribution < 1.29 is 9.53 Å². The summed E-state index contributed by atoms with van der Waals surface area (Å²) in [4.78, 5) is 21.3. The highest BCUT2D eigenvalue weighted by molar-refractivity contribution is 6.29. The van der Waals surface area contributed by atoms with Crippen LogP contribution in [0.4, 0.5) is 0 Å². The van der Waals surface area contributed by atoms with Crippen LogP contribution in [0.15, 0.2) is 12.4 Å². The number of methoxy groups -OCH3 is 1. The number of rotatable bonds is 5. The Bertz CT molecular complexity index is 360. The molecule has 6 heteroatoms. The van der Waals surface area contributed by atoms with Crippen LogP contribution in [-0.4, -0.2) is 47.6 Å². The number of carbonyl (C=O) groups excluding carboxylic acids is 1. The summed E-state index contributed by atoms with van der Waals surface area (Å²) in [6.45, 7) is 3.51. The lowest BCUT2D eigenvalue weighted by Crippen LogP contribution is -2.34. The average Bonchev–Trinajstić information content (AvgIpc) is 2.29. The predicted octanol–water partition coefficient (Wildman–Crippen LogP) is 1.24. The number of hydrogen-bond acceptors (Lipinski definition) is 4. The molecule has 1 aromatic heterocycles. The summed E-state index contributed by atoms with van der Waals surface area (Å²) >= 11 is 5.67. The first kappa shape index (κ1) is 12.9. The van der Waals surface area contributed by atoms with Crippen LogP contribution in [0.5, 0.6) is 0 Å². The van der Waals surface area contributed by atoms with Crippen LogP contribution >= 0.6 is 11.6 Å². The van der Waals surface area contributed by atoms with Gasteiger partial charge >= 0.3 is 0 Å². The van der Waals surface area contributed by atoms with Gasteiger partial charge in [0.05, 0.1) is 19.0 Å². The van der Waals surface area contributed by atoms with Gasteiger partial charge in [0, 0.05) is 20.2 Å². The largest absolute Gasteiger partial charge is 0.383 e. The molecule has 0 fully saturated rings. The molecular weight excluding hydrogens is 230 g/mol. The van der Waals surface area contributed by atoms with Crippen molar-refractivity contribution in [2.75, 3.05) is 26.8 Å². The summed E-state index contributed by atoms with van der Waals surface area (Å²) in [7, 11) is 1.59. The third-order valence-electron chi connectivity index (χ3n) is 2.06. The Morgan fingerprint density at radius 1 is 1.56 bits per heavy atom. The first-order chi connectivity index (χ1) is 7.69. The number of aromatic nitrogens is 2. The highest BCUT2D eigenvalue weighted by Gasteiger charge is 2.15. The van der Waals surface area contributed by atoms with Gasteiger partial charge in [-0.25, -0.2) is 4.98 Å². The molecule has 0 unspecified atom stereocenters. The van der Waals surface area contributed by atoms with Crippen LogP contribution in [-0.2, 0) is 4.74 Å². The molecule has 1 rings (SSSR count). The summed E-state index contributed by atoms with van der Waals surface area (Å²) in [6.07, 6.45) is 2.80. The minimum atomic E-state index is -0.186. The SMILES string of the molecule is CCN(CCOC)C(=O)c1cncc(Cl)n1. The molecule has 0 spiro atoms. The molecule has 0 aliphatic carbocycles. The zero-order valence-corrected chi connectivity index (χ0v) is 10.1. The van der Waals surface area contributed by atoms with Crippen molar-refractivity contribution in [3.8, 4) is 0 Å². The highest BCUT2D eigenvalue weighted by Crippen LogP contribution is 2.05. The third-order valence-corrected chi connectivity index (χ3v) is 2.24. The van der Waals surface area contributed by atoms with E-state index in [1.807, 2.05) is 6.92 Å². The number of halogens is 1. The molecule has 0 saturated heterocycles. The summed E-state index contributed by atoms with van der Waals surface area (Å²) in [5.74, 6) is -0.186. The van der Waals surface area contributed by atoms with Gasteiger partial charge in [-0.1, -0.05) is 11.6 Å². The Morgan fingerprint density at radius 2 is 2.31 bits per heavy atom. The van der Waals surface area contributed by atoms with Gasteiger partial charge in [-0.2, -0.15) is 0 Å². The molecule has 0 radical (unpaired) electrons. The lowest BCUT2D eigenvalue weighted by molar-refractivity contribution is 0.0700. The minimum absolute atomic E-state index is 0.186. The molecule has 0 bridgehead atoms. The maximum Gasteiger partial charge on any atom is 0.274 e. The normalized spacial score (nSPS) is 10.2. The highest BCUT2D eigenvalue weighted by atomic mass is 35.5. The zero-order valence-electron chi connectivity index (χ0n) is 9.31. The second-order valence-corrected chi connectivity index (χ2v) is 3.49. The second-order valence-electron chi connectivity index (χ2n) is 3.10. The quantitative estimate of drug-likeness (QED) is 0.781. The van der Waals surface area contributed by atoms with E-state index in [0.29, 0.717) is 19.7 Å². The van der Waals surface area contributed by atoms with E-state index >= 15 is 0 Å². The number of hydrogen-bond donors (Lipinski definition) is 0. The van der Waals surface area contributed by atoms with E-state index in [-0.39, 0.29) is 16.8 Å². The van der Waals surface area contributed by atoms with E-state index in [9.17, 15) is 4.79 Å². The Morgan fingerprint density at radius 3 is 2.88 bits per heavy atom. The van der Waals surface area contributed by atoms with E-state index in [1.54, 1.807) is 12.0 Å². The van der Waals surface area contributed by atoms with Crippen LogP contribution < -0.4 is 0 Å². The summed E-state index contributed by atoms with van der Waals surface area (Å²) in [6, 6.07) is 0. The molecule has 0 aliphatic rings. The fourth-order valence-electron chi connectivity index (χ4n) is 1.21. The van der Waals surface area contributed by atoms with Gasteiger partial charge in [0.15, 0.2) is 0 Å². The molecule has 1 amide bonds. The number of likely N-dealkylation sites (N-methyl/N-ethyl adjacent to an activating group) is 1. The van der Waals surface area contributed by atoms with E-state index < -0.39 is 0 Å². The standard InChI is InChI=1S/C10H14ClN3O2/c1-3-14(4-5-16-2)10(15)8-6-12-7-9(11)13-8/h6-7H,3-5H2,1-2H3. The van der Waals surface area contributed by atoms with Gasteiger partial charge in [-0.3, -0.25) is 9.78 Å². The fourth-order valence-corrected chi connectivity index (χ4v) is 1.36. The summed E-state index contributed by atoms with van der Waals surface area (Å²) in [5, 5.41) is 0.216. The number of nitrogens with zero attached hydrogens (tertiary/aromatic N) is 3. The van der Waals surface area contributed by atoms with Crippen LogP contribution in [0, 0.1) is 0 Å². The number of carbonyl (C=O) groups is 1. The van der Waals surface area contributed by atoms with Crippen molar-refractivity contribution >= 4 is 17.5 Å². The minimum Gasteiger partial charge on any atom is -0.383 e. The molecule has 16 heavy (non-hydrogen) atoms. The van der Waals surface area contributed by atoms with Crippen molar-refractivity contribution in [2.45, 2.75) is 6.92 Å². The van der Waals surface area contributed by atoms with Gasteiger partial charge in [0.25, 0.3) is 5.91 Å². The Hall–Kier alpha value is -1.20. The van der Waals surface area contributed by atoms with Gasteiger partial charge in [-0.05, 0) is 6.92 Å². The summed E-state index contributed by atoms with van der Waals surface area (Å²) in [5.41, 5.74) is 0.255. The molecule has 0 saturated carbocycles. The van der Waals surface area contributed by atoms with Crippen LogP contribution in [0.25, 0.3) is 0 Å². The zero-order chi connectivity index (χ0) is 12.0. The molecule has 1 aromatic rings. The Labute approximate surface area is 99.4 Å². The van der Waals surface area contributed by atoms with E-state index in [1.165, 1.54) is 12.4 Å². The van der Waals surface area contributed by atoms with Crippen molar-refractivity contribution in [1.82, 2.24) is 14.9 Å². The Balaban J connectivity index is 2.74. The van der Waals surface area contributed by atoms with Crippen LogP contribution in [0.2, 0.25) is 5.15 Å². The van der Waals surface area contributed by atoms with Gasteiger partial charge in [0.1, 0.15) is 10.8 Å². The smallest absolute Gasteiger partial charge is 0.274 e. The van der Waals surface area contributed by atoms with Gasteiger partial charge in [-0.15, -0.1) is 0 Å². The van der Waals surface area contributed by atoms with Gasteiger partial charge in [0.2, 0.25) is 0 Å². The molecule has 88 valence electrons. The average molecular weight is 244 g/mol. The van der Waals surface area contributed by atoms with E-state index in [2.05, 4.69) is 9.97 Å². The Kier molecular flexibility index (Phi) is 5.14. The van der Waals surface area contributed by atoms with Crippen LogP contribution in [0.1, 0.15) is 17.4 Å². The maximum atomic E-state index is 11.9. The fraction of sp³-hybridized carbons (Fsp3) is 0.500. The number of ether oxygens (including phenoxy) is 1. The molecule has 0 aliphatic heterocycles. The summed E-state index contributed by atoms with van der Waals surface area (Å²) < 4.78 is 4.93. The van der Waals surface area contributed by atoms with Crippen molar-refractivity contribution in [3.05, 3.63) is 23.2 Å². The predicted molar refractivity (Wildman–Crippen MR) is 60.5 cm³/mol. The maximum absolute atomic E-state index is 11.9. The second kappa shape index (κ2) is 6.40. The molecule has 0 N–H and O–H groups in total. The topological polar surface area (TPSA) is 55.3 Å². The van der Waals surface area contributed by atoms with Crippen molar-refractivity contribution in [1.29, 1.82) is 0 Å². The molecular formula is C10H14ClN3O2. The molecule has 1 heterocycles. The molecule has 0 atom stereocenters. The monoisotopic (exact) mass is 243 g/mol.